The van der Waals surface area contributed by atoms with E-state index < -0.39 is 6.43 Å². The molecule has 78 valence electrons. The van der Waals surface area contributed by atoms with Gasteiger partial charge in [0.05, 0.1) is 19.8 Å². The van der Waals surface area contributed by atoms with Crippen LogP contribution in [0.3, 0.4) is 0 Å². The van der Waals surface area contributed by atoms with Gasteiger partial charge in [-0.25, -0.2) is 13.8 Å². The Morgan fingerprint density at radius 2 is 1.93 bits per heavy atom. The van der Waals surface area contributed by atoms with Crippen LogP contribution >= 0.6 is 0 Å². The molecule has 0 saturated carbocycles. The van der Waals surface area contributed by atoms with Crippen LogP contribution in [0, 0.1) is 6.92 Å². The first kappa shape index (κ1) is 10.7. The Balaban J connectivity index is 3.25. The van der Waals surface area contributed by atoms with Gasteiger partial charge in [0.1, 0.15) is 11.4 Å². The monoisotopic (exact) mass is 203 g/mol. The molecule has 0 spiro atoms. The molecular weight excluding hydrogens is 192 g/mol. The van der Waals surface area contributed by atoms with Crippen molar-refractivity contribution >= 4 is 0 Å². The molecule has 0 aliphatic heterocycles. The number of halogens is 2. The summed E-state index contributed by atoms with van der Waals surface area (Å²) in [5, 5.41) is 0. The van der Waals surface area contributed by atoms with Crippen molar-refractivity contribution in [2.45, 2.75) is 13.3 Å². The smallest absolute Gasteiger partial charge is 0.280 e. The summed E-state index contributed by atoms with van der Waals surface area (Å²) in [6.45, 7) is 1.69. The number of nitrogens with zero attached hydrogens (tertiary/aromatic N) is 1. The zero-order valence-corrected chi connectivity index (χ0v) is 8.17. The van der Waals surface area contributed by atoms with Crippen LogP contribution in [-0.2, 0) is 0 Å². The first-order valence-electron chi connectivity index (χ1n) is 3.97. The first-order chi connectivity index (χ1) is 6.60. The minimum absolute atomic E-state index is 0.166. The largest absolute Gasteiger partial charge is 0.496 e. The molecule has 0 aliphatic rings. The van der Waals surface area contributed by atoms with E-state index in [0.717, 1.165) is 0 Å². The van der Waals surface area contributed by atoms with Crippen molar-refractivity contribution in [2.75, 3.05) is 14.2 Å². The van der Waals surface area contributed by atoms with Crippen LogP contribution < -0.4 is 9.47 Å². The van der Waals surface area contributed by atoms with Crippen molar-refractivity contribution < 1.29 is 18.3 Å². The lowest BCUT2D eigenvalue weighted by atomic mass is 10.2. The van der Waals surface area contributed by atoms with E-state index in [1.165, 1.54) is 20.3 Å². The maximum atomic E-state index is 12.4. The van der Waals surface area contributed by atoms with Crippen molar-refractivity contribution in [3.8, 4) is 11.6 Å². The third kappa shape index (κ3) is 1.92. The number of pyridine rings is 1. The van der Waals surface area contributed by atoms with E-state index in [1.54, 1.807) is 6.92 Å². The van der Waals surface area contributed by atoms with Crippen molar-refractivity contribution in [3.05, 3.63) is 17.3 Å². The minimum Gasteiger partial charge on any atom is -0.496 e. The molecule has 1 aromatic rings. The molecule has 1 rings (SSSR count). The van der Waals surface area contributed by atoms with E-state index in [2.05, 4.69) is 4.98 Å². The highest BCUT2D eigenvalue weighted by Crippen LogP contribution is 2.30. The first-order valence-corrected chi connectivity index (χ1v) is 3.97. The van der Waals surface area contributed by atoms with Crippen LogP contribution in [0.1, 0.15) is 17.7 Å². The third-order valence-electron chi connectivity index (χ3n) is 1.84. The minimum atomic E-state index is -2.63. The van der Waals surface area contributed by atoms with Crippen molar-refractivity contribution in [1.82, 2.24) is 4.98 Å². The Morgan fingerprint density at radius 1 is 1.29 bits per heavy atom. The SMILES string of the molecule is COc1cc(C(F)F)nc(OC)c1C. The van der Waals surface area contributed by atoms with Crippen molar-refractivity contribution in [1.29, 1.82) is 0 Å². The average molecular weight is 203 g/mol. The van der Waals surface area contributed by atoms with Crippen molar-refractivity contribution in [3.63, 3.8) is 0 Å². The van der Waals surface area contributed by atoms with Gasteiger partial charge in [-0.05, 0) is 6.92 Å². The van der Waals surface area contributed by atoms with E-state index in [9.17, 15) is 8.78 Å². The van der Waals surface area contributed by atoms with Crippen LogP contribution in [0.25, 0.3) is 0 Å². The highest BCUT2D eigenvalue weighted by Gasteiger charge is 2.15. The predicted octanol–water partition coefficient (Wildman–Crippen LogP) is 2.34. The molecular formula is C9H11F2NO2. The predicted molar refractivity (Wildman–Crippen MR) is 47.0 cm³/mol. The summed E-state index contributed by atoms with van der Waals surface area (Å²) >= 11 is 0. The molecule has 0 radical (unpaired) electrons. The molecule has 0 bridgehead atoms. The van der Waals surface area contributed by atoms with Gasteiger partial charge in [-0.1, -0.05) is 0 Å². The quantitative estimate of drug-likeness (QED) is 0.755. The fourth-order valence-electron chi connectivity index (χ4n) is 1.10. The van der Waals surface area contributed by atoms with Crippen LogP contribution in [-0.4, -0.2) is 19.2 Å². The van der Waals surface area contributed by atoms with Gasteiger partial charge in [-0.2, -0.15) is 0 Å². The maximum absolute atomic E-state index is 12.4. The van der Waals surface area contributed by atoms with Gasteiger partial charge in [-0.3, -0.25) is 0 Å². The Kier molecular flexibility index (Phi) is 3.22. The summed E-state index contributed by atoms with van der Waals surface area (Å²) in [4.78, 5) is 3.65. The van der Waals surface area contributed by atoms with Gasteiger partial charge < -0.3 is 9.47 Å². The van der Waals surface area contributed by atoms with Crippen LogP contribution in [0.2, 0.25) is 0 Å². The number of alkyl halides is 2. The van der Waals surface area contributed by atoms with Gasteiger partial charge in [-0.15, -0.1) is 0 Å². The summed E-state index contributed by atoms with van der Waals surface area (Å²) < 4.78 is 34.5. The Bertz CT molecular complexity index is 304. The third-order valence-corrected chi connectivity index (χ3v) is 1.84. The molecule has 0 N–H and O–H groups in total. The summed E-state index contributed by atoms with van der Waals surface area (Å²) in [7, 11) is 2.79. The molecule has 0 atom stereocenters. The van der Waals surface area contributed by atoms with Gasteiger partial charge >= 0.3 is 0 Å². The number of ether oxygens (including phenoxy) is 2. The van der Waals surface area contributed by atoms with Crippen LogP contribution in [0.4, 0.5) is 8.78 Å². The highest BCUT2D eigenvalue weighted by molar-refractivity contribution is 5.41. The van der Waals surface area contributed by atoms with E-state index in [0.29, 0.717) is 11.3 Å². The van der Waals surface area contributed by atoms with Crippen molar-refractivity contribution in [2.24, 2.45) is 0 Å². The number of hydrogen-bond acceptors (Lipinski definition) is 3. The molecule has 0 aliphatic carbocycles. The molecule has 0 saturated heterocycles. The molecule has 14 heavy (non-hydrogen) atoms. The van der Waals surface area contributed by atoms with E-state index in [-0.39, 0.29) is 11.6 Å². The zero-order chi connectivity index (χ0) is 10.7. The number of methoxy groups -OCH3 is 2. The van der Waals surface area contributed by atoms with Crippen LogP contribution in [0.5, 0.6) is 11.6 Å². The second kappa shape index (κ2) is 4.21. The lowest BCUT2D eigenvalue weighted by Crippen LogP contribution is -1.99. The molecule has 1 aromatic heterocycles. The van der Waals surface area contributed by atoms with E-state index in [4.69, 9.17) is 9.47 Å². The second-order valence-corrected chi connectivity index (χ2v) is 2.68. The fraction of sp³-hybridized carbons (Fsp3) is 0.444. The van der Waals surface area contributed by atoms with E-state index in [1.807, 2.05) is 0 Å². The Morgan fingerprint density at radius 3 is 2.36 bits per heavy atom. The fourth-order valence-corrected chi connectivity index (χ4v) is 1.10. The number of rotatable bonds is 3. The Labute approximate surface area is 80.7 Å². The average Bonchev–Trinajstić information content (AvgIpc) is 2.17. The summed E-state index contributed by atoms with van der Waals surface area (Å²) in [6, 6.07) is 1.21. The summed E-state index contributed by atoms with van der Waals surface area (Å²) in [5.41, 5.74) is 0.267. The Hall–Kier alpha value is -1.39. The summed E-state index contributed by atoms with van der Waals surface area (Å²) in [6.07, 6.45) is -2.63. The second-order valence-electron chi connectivity index (χ2n) is 2.68. The summed E-state index contributed by atoms with van der Waals surface area (Å²) in [5.74, 6) is 0.520. The molecule has 5 heteroatoms. The van der Waals surface area contributed by atoms with Gasteiger partial charge in [0, 0.05) is 6.07 Å². The van der Waals surface area contributed by atoms with Crippen LogP contribution in [0.15, 0.2) is 6.07 Å². The van der Waals surface area contributed by atoms with Gasteiger partial charge in [0.2, 0.25) is 5.88 Å². The van der Waals surface area contributed by atoms with Gasteiger partial charge in [0.15, 0.2) is 0 Å². The number of hydrogen-bond donors (Lipinski definition) is 0. The van der Waals surface area contributed by atoms with Gasteiger partial charge in [0.25, 0.3) is 6.43 Å². The number of aromatic nitrogens is 1. The normalized spacial score (nSPS) is 10.4. The zero-order valence-electron chi connectivity index (χ0n) is 8.17. The molecule has 3 nitrogen and oxygen atoms in total. The lowest BCUT2D eigenvalue weighted by molar-refractivity contribution is 0.144. The molecule has 0 amide bonds. The maximum Gasteiger partial charge on any atom is 0.280 e. The standard InChI is InChI=1S/C9H11F2NO2/c1-5-7(13-2)4-6(8(10)11)12-9(5)14-3/h4,8H,1-3H3. The lowest BCUT2D eigenvalue weighted by Gasteiger charge is -2.10. The molecule has 0 unspecified atom stereocenters. The molecule has 0 aromatic carbocycles. The van der Waals surface area contributed by atoms with E-state index >= 15 is 0 Å². The molecule has 0 fully saturated rings. The highest BCUT2D eigenvalue weighted by atomic mass is 19.3. The topological polar surface area (TPSA) is 31.4 Å². The molecule has 1 heterocycles.